The molecule has 0 amide bonds. The Bertz CT molecular complexity index is 2190. The number of aliphatic hydroxyl groups is 4. The van der Waals surface area contributed by atoms with Crippen LogP contribution < -0.4 is 0 Å². The van der Waals surface area contributed by atoms with Gasteiger partial charge in [0.1, 0.15) is 55.4 Å². The molecule has 2 heterocycles. The molecule has 0 spiro atoms. The molecule has 13 nitrogen and oxygen atoms in total. The molecule has 0 aromatic carbocycles. The Labute approximate surface area is 828 Å². The van der Waals surface area contributed by atoms with Crippen molar-refractivity contribution in [2.24, 2.45) is 59.2 Å². The summed E-state index contributed by atoms with van der Waals surface area (Å²) in [4.78, 5) is 12.7. The summed E-state index contributed by atoms with van der Waals surface area (Å²) in [5, 5.41) is 36.7. The van der Waals surface area contributed by atoms with E-state index < -0.39 is 88.6 Å². The molecule has 4 N–H and O–H groups in total. The van der Waals surface area contributed by atoms with Crippen LogP contribution in [0.5, 0.6) is 0 Å². The summed E-state index contributed by atoms with van der Waals surface area (Å²) in [6, 6.07) is 0. The third-order valence-electron chi connectivity index (χ3n) is 28.4. The van der Waals surface area contributed by atoms with Gasteiger partial charge in [0.2, 0.25) is 0 Å². The third kappa shape index (κ3) is 79.9. The van der Waals surface area contributed by atoms with Crippen molar-refractivity contribution in [2.75, 3.05) is 20.3 Å². The van der Waals surface area contributed by atoms with E-state index in [1.54, 1.807) is 0 Å². The Morgan fingerprint density at radius 1 is 0.295 bits per heavy atom. The van der Waals surface area contributed by atoms with Crippen molar-refractivity contribution >= 4 is 39.2 Å². The summed E-state index contributed by atoms with van der Waals surface area (Å²) in [5.74, 6) is 10.2. The molecule has 132 heavy (non-hydrogen) atoms. The molecule has 11 saturated carbocycles. The van der Waals surface area contributed by atoms with E-state index in [4.69, 9.17) is 46.9 Å². The molecule has 790 valence electrons. The van der Waals surface area contributed by atoms with Gasteiger partial charge in [0.05, 0.1) is 6.61 Å². The van der Waals surface area contributed by atoms with Gasteiger partial charge in [0.25, 0.3) is 0 Å². The van der Waals surface area contributed by atoms with Crippen LogP contribution in [-0.2, 0) is 41.4 Å². The maximum atomic E-state index is 12.7. The Kier molecular flexibility index (Phi) is 84.7. The minimum absolute atomic E-state index is 0. The van der Waals surface area contributed by atoms with Gasteiger partial charge in [-0.3, -0.25) is 4.79 Å². The first-order valence-corrected chi connectivity index (χ1v) is 70.4. The molecule has 0 radical (unpaired) electrons. The number of unbranched alkanes of at least 4 members (excludes halogenated alkanes) is 6. The monoisotopic (exact) mass is 1940 g/mol. The zero-order chi connectivity index (χ0) is 98.2. The smallest absolute Gasteiger partial charge is 0.305 e. The fourth-order valence-electron chi connectivity index (χ4n) is 20.0. The molecule has 10 atom stereocenters. The van der Waals surface area contributed by atoms with Crippen LogP contribution in [-0.4, -0.2) is 141 Å². The number of carbonyl (C=O) groups is 1. The molecule has 0 bridgehead atoms. The lowest BCUT2D eigenvalue weighted by Gasteiger charge is -2.51. The summed E-state index contributed by atoms with van der Waals surface area (Å²) in [7, 11) is -6.65. The normalized spacial score (nSPS) is 26.6. The van der Waals surface area contributed by atoms with Gasteiger partial charge in [0.15, 0.2) is 45.8 Å². The van der Waals surface area contributed by atoms with Gasteiger partial charge in [0, 0.05) is 13.5 Å². The van der Waals surface area contributed by atoms with Crippen molar-refractivity contribution < 1.29 is 61.9 Å². The van der Waals surface area contributed by atoms with E-state index in [1.165, 1.54) is 386 Å². The van der Waals surface area contributed by atoms with Gasteiger partial charge < -0.3 is 57.1 Å². The minimum atomic E-state index is -2.03. The molecule has 13 aliphatic rings. The highest BCUT2D eigenvalue weighted by molar-refractivity contribution is 6.71. The maximum Gasteiger partial charge on any atom is 0.305 e. The van der Waals surface area contributed by atoms with Gasteiger partial charge in [-0.05, 0) is 157 Å². The number of aliphatic hydroxyl groups excluding tert-OH is 4. The van der Waals surface area contributed by atoms with Crippen molar-refractivity contribution in [1.82, 2.24) is 0 Å². The van der Waals surface area contributed by atoms with Crippen molar-refractivity contribution in [1.29, 1.82) is 0 Å². The lowest BCUT2D eigenvalue weighted by atomic mass is 9.91. The van der Waals surface area contributed by atoms with Crippen LogP contribution in [0.15, 0.2) is 25.8 Å². The van der Waals surface area contributed by atoms with Crippen LogP contribution >= 0.6 is 0 Å². The SMILES string of the molecule is C.C1CCCCC1.C=C.C=CCCCCCCCCC(=O)OCC1OC(O[Si](C)(C)C)C(O[Si](C)(C)C)C(O[Si](C)(C)C)C1O[Si](C)(C)C.CC1CCCCC1.CC1CCCCC1.CC1CCCCC1.CC1CCCCC1.CC1CCCCC1.CC1CCCCC1.CC1CCCCC1.CC1CCCCC1.CC1CCCCC1.CC1CCCCC1.COCC1OC(O)C(O)C(O)C1O. The second-order valence-corrected chi connectivity index (χ2v) is 65.4. The first kappa shape index (κ1) is 133. The second-order valence-electron chi connectivity index (χ2n) is 47.5. The number of rotatable bonds is 21. The van der Waals surface area contributed by atoms with Crippen LogP contribution in [0.1, 0.15) is 488 Å². The Morgan fingerprint density at radius 2 is 0.523 bits per heavy atom. The topological polar surface area (TPSA) is 172 Å². The molecule has 13 fully saturated rings. The van der Waals surface area contributed by atoms with Gasteiger partial charge in [-0.25, -0.2) is 0 Å². The molecular formula is C115H236O13Si4. The number of hydrogen-bond donors (Lipinski definition) is 4. The van der Waals surface area contributed by atoms with E-state index in [1.807, 2.05) is 6.08 Å². The van der Waals surface area contributed by atoms with Gasteiger partial charge in [-0.1, -0.05) is 468 Å². The predicted octanol–water partition coefficient (Wildman–Crippen LogP) is 35.2. The van der Waals surface area contributed by atoms with Gasteiger partial charge in [-0.15, -0.1) is 19.7 Å². The number of ether oxygens (including phenoxy) is 4. The zero-order valence-electron chi connectivity index (χ0n) is 91.9. The van der Waals surface area contributed by atoms with Crippen molar-refractivity contribution in [3.8, 4) is 0 Å². The largest absolute Gasteiger partial charge is 0.463 e. The number of esters is 1. The van der Waals surface area contributed by atoms with Crippen molar-refractivity contribution in [3.05, 3.63) is 25.8 Å². The molecule has 2 aliphatic heterocycles. The second kappa shape index (κ2) is 83.8. The quantitative estimate of drug-likeness (QED) is 0.0371. The van der Waals surface area contributed by atoms with E-state index in [-0.39, 0.29) is 32.7 Å². The van der Waals surface area contributed by atoms with E-state index in [0.717, 1.165) is 84.9 Å². The van der Waals surface area contributed by atoms with Gasteiger partial charge in [-0.2, -0.15) is 0 Å². The molecule has 10 unspecified atom stereocenters. The summed E-state index contributed by atoms with van der Waals surface area (Å²) < 4.78 is 48.9. The lowest BCUT2D eigenvalue weighted by Crippen LogP contribution is -2.67. The number of hydrogen-bond acceptors (Lipinski definition) is 13. The predicted molar refractivity (Wildman–Crippen MR) is 585 cm³/mol. The molecule has 2 saturated heterocycles. The van der Waals surface area contributed by atoms with E-state index in [0.29, 0.717) is 6.42 Å². The Hall–Kier alpha value is -0.622. The van der Waals surface area contributed by atoms with Crippen LogP contribution in [0, 0.1) is 59.2 Å². The van der Waals surface area contributed by atoms with Crippen molar-refractivity contribution in [3.63, 3.8) is 0 Å². The zero-order valence-corrected chi connectivity index (χ0v) is 95.9. The average molecular weight is 1940 g/mol. The van der Waals surface area contributed by atoms with Crippen LogP contribution in [0.4, 0.5) is 0 Å². The fourth-order valence-corrected chi connectivity index (χ4v) is 24.1. The Balaban J connectivity index is 0. The molecule has 0 aromatic rings. The average Bonchev–Trinajstić information content (AvgIpc) is 0.767. The lowest BCUT2D eigenvalue weighted by molar-refractivity contribution is -0.287. The fraction of sp³-hybridized carbons (Fsp3) is 0.957. The molecule has 17 heteroatoms. The number of carbonyl (C=O) groups excluding carboxylic acids is 1. The van der Waals surface area contributed by atoms with Crippen molar-refractivity contribution in [2.45, 2.75) is 628 Å². The number of methoxy groups -OCH3 is 1. The molecule has 13 rings (SSSR count). The van der Waals surface area contributed by atoms with E-state index in [9.17, 15) is 15.0 Å². The summed E-state index contributed by atoms with van der Waals surface area (Å²) >= 11 is 0. The highest BCUT2D eigenvalue weighted by Gasteiger charge is 2.53. The Morgan fingerprint density at radius 3 is 0.750 bits per heavy atom. The van der Waals surface area contributed by atoms with Crippen LogP contribution in [0.3, 0.4) is 0 Å². The molecular weight excluding hydrogens is 1700 g/mol. The first-order valence-electron chi connectivity index (χ1n) is 56.7. The summed E-state index contributed by atoms with van der Waals surface area (Å²) in [5.41, 5.74) is 0. The minimum Gasteiger partial charge on any atom is -0.463 e. The highest BCUT2D eigenvalue weighted by Crippen LogP contribution is 2.37. The number of allylic oxidation sites excluding steroid dienone is 1. The molecule has 11 aliphatic carbocycles. The van der Waals surface area contributed by atoms with E-state index >= 15 is 0 Å². The summed E-state index contributed by atoms with van der Waals surface area (Å²) in [6.45, 7) is 59.6. The summed E-state index contributed by atoms with van der Waals surface area (Å²) in [6.07, 6.45) is 84.7. The standard InChI is InChI=1S/C29H62O7Si4.C7H14O6.10C7H14.C6H12.C2H4.CH4/c1-14-15-16-17-18-19-20-21-22-25(30)31-23-24-26(33-37(2,3)4)27(34-38(5,6)7)28(35-39(8,9)10)29(32-24)36-40(11,12)13;1-12-2-3-4(8)5(9)6(10)7(11)13-3;10*1-7-5-3-2-4-6-7;1-2-4-6-5-3-1;1-2;/h14,24,26-29H,1,15-23H2,2-13H3;3-11H,2H2,1H3;10*7H,2-6H2,1H3;1-6H2;1-2H2;1H4. The van der Waals surface area contributed by atoms with Crippen LogP contribution in [0.25, 0.3) is 0 Å². The molecule has 0 aromatic heterocycles. The first-order chi connectivity index (χ1) is 62.2. The van der Waals surface area contributed by atoms with Gasteiger partial charge >= 0.3 is 5.97 Å². The highest BCUT2D eigenvalue weighted by atomic mass is 28.4. The maximum absolute atomic E-state index is 12.7. The van der Waals surface area contributed by atoms with Crippen LogP contribution in [0.2, 0.25) is 78.6 Å². The third-order valence-corrected chi connectivity index (χ3v) is 32.3. The van der Waals surface area contributed by atoms with E-state index in [2.05, 4.69) is 168 Å².